The molecule has 5 nitrogen and oxygen atoms in total. The normalized spacial score (nSPS) is 10.2. The first-order valence-corrected chi connectivity index (χ1v) is 9.55. The largest absolute Gasteiger partial charge is 0.375 e. The quantitative estimate of drug-likeness (QED) is 0.583. The van der Waals surface area contributed by atoms with E-state index in [9.17, 15) is 9.59 Å². The number of rotatable bonds is 6. The zero-order valence-corrected chi connectivity index (χ0v) is 16.9. The third-order valence-electron chi connectivity index (χ3n) is 4.15. The number of nitrogens with one attached hydrogen (secondary N) is 2. The summed E-state index contributed by atoms with van der Waals surface area (Å²) in [5.74, 6) is -0.342. The molecule has 0 aromatic heterocycles. The van der Waals surface area contributed by atoms with Gasteiger partial charge in [0.25, 0.3) is 5.91 Å². The predicted octanol–water partition coefficient (Wildman–Crippen LogP) is 4.78. The smallest absolute Gasteiger partial charge is 0.258 e. The molecule has 0 bridgehead atoms. The van der Waals surface area contributed by atoms with Crippen molar-refractivity contribution in [2.24, 2.45) is 0 Å². The molecular formula is C22H20BrN3O2. The van der Waals surface area contributed by atoms with Gasteiger partial charge in [0.1, 0.15) is 0 Å². The Morgan fingerprint density at radius 3 is 2.39 bits per heavy atom. The van der Waals surface area contributed by atoms with Gasteiger partial charge in [-0.2, -0.15) is 0 Å². The topological polar surface area (TPSA) is 61.4 Å². The van der Waals surface area contributed by atoms with Crippen LogP contribution in [0.5, 0.6) is 0 Å². The SMILES string of the molecule is CN(C(=O)c1cccc(NC(=O)CNc2ccccc2Br)c1)c1ccccc1. The van der Waals surface area contributed by atoms with E-state index in [-0.39, 0.29) is 18.4 Å². The predicted molar refractivity (Wildman–Crippen MR) is 117 cm³/mol. The van der Waals surface area contributed by atoms with Crippen molar-refractivity contribution in [2.45, 2.75) is 0 Å². The molecule has 28 heavy (non-hydrogen) atoms. The average molecular weight is 438 g/mol. The minimum atomic E-state index is -0.197. The van der Waals surface area contributed by atoms with Crippen LogP contribution in [0, 0.1) is 0 Å². The summed E-state index contributed by atoms with van der Waals surface area (Å²) >= 11 is 3.44. The van der Waals surface area contributed by atoms with Gasteiger partial charge in [0, 0.05) is 34.1 Å². The Morgan fingerprint density at radius 1 is 0.929 bits per heavy atom. The molecule has 142 valence electrons. The average Bonchev–Trinajstić information content (AvgIpc) is 2.73. The lowest BCUT2D eigenvalue weighted by atomic mass is 10.1. The zero-order valence-electron chi connectivity index (χ0n) is 15.4. The highest BCUT2D eigenvalue weighted by atomic mass is 79.9. The van der Waals surface area contributed by atoms with Crippen LogP contribution in [-0.2, 0) is 4.79 Å². The van der Waals surface area contributed by atoms with E-state index in [1.54, 1.807) is 36.2 Å². The van der Waals surface area contributed by atoms with Gasteiger partial charge in [-0.3, -0.25) is 9.59 Å². The number of benzene rings is 3. The zero-order chi connectivity index (χ0) is 19.9. The van der Waals surface area contributed by atoms with E-state index in [1.165, 1.54) is 0 Å². The van der Waals surface area contributed by atoms with Gasteiger partial charge in [-0.05, 0) is 58.4 Å². The van der Waals surface area contributed by atoms with E-state index < -0.39 is 0 Å². The fourth-order valence-electron chi connectivity index (χ4n) is 2.68. The molecule has 0 fully saturated rings. The number of halogens is 1. The maximum absolute atomic E-state index is 12.7. The molecule has 0 aliphatic carbocycles. The van der Waals surface area contributed by atoms with E-state index in [0.717, 1.165) is 15.8 Å². The van der Waals surface area contributed by atoms with Crippen molar-refractivity contribution in [1.82, 2.24) is 0 Å². The van der Waals surface area contributed by atoms with Crippen LogP contribution >= 0.6 is 15.9 Å². The van der Waals surface area contributed by atoms with Crippen LogP contribution in [0.2, 0.25) is 0 Å². The van der Waals surface area contributed by atoms with Crippen LogP contribution in [0.3, 0.4) is 0 Å². The first-order valence-electron chi connectivity index (χ1n) is 8.76. The number of anilines is 3. The van der Waals surface area contributed by atoms with Crippen molar-refractivity contribution in [1.29, 1.82) is 0 Å². The van der Waals surface area contributed by atoms with Crippen LogP contribution in [0.1, 0.15) is 10.4 Å². The van der Waals surface area contributed by atoms with E-state index in [1.807, 2.05) is 54.6 Å². The number of amides is 2. The lowest BCUT2D eigenvalue weighted by molar-refractivity contribution is -0.114. The van der Waals surface area contributed by atoms with Crippen molar-refractivity contribution in [3.05, 3.63) is 88.9 Å². The Morgan fingerprint density at radius 2 is 1.64 bits per heavy atom. The lowest BCUT2D eigenvalue weighted by Crippen LogP contribution is -2.26. The van der Waals surface area contributed by atoms with Gasteiger partial charge in [0.2, 0.25) is 5.91 Å². The summed E-state index contributed by atoms with van der Waals surface area (Å²) in [6.45, 7) is 0.116. The van der Waals surface area contributed by atoms with Gasteiger partial charge >= 0.3 is 0 Å². The Hall–Kier alpha value is -3.12. The van der Waals surface area contributed by atoms with Gasteiger partial charge < -0.3 is 15.5 Å². The third-order valence-corrected chi connectivity index (χ3v) is 4.85. The molecule has 0 saturated heterocycles. The van der Waals surface area contributed by atoms with Crippen LogP contribution in [0.25, 0.3) is 0 Å². The van der Waals surface area contributed by atoms with E-state index >= 15 is 0 Å². The van der Waals surface area contributed by atoms with Gasteiger partial charge in [0.15, 0.2) is 0 Å². The number of carbonyl (C=O) groups excluding carboxylic acids is 2. The second kappa shape index (κ2) is 9.19. The van der Waals surface area contributed by atoms with E-state index in [0.29, 0.717) is 11.3 Å². The molecule has 0 unspecified atom stereocenters. The summed E-state index contributed by atoms with van der Waals surface area (Å²) in [7, 11) is 1.73. The molecule has 0 atom stereocenters. The molecule has 0 radical (unpaired) electrons. The molecule has 2 N–H and O–H groups in total. The molecule has 6 heteroatoms. The Balaban J connectivity index is 1.63. The summed E-state index contributed by atoms with van der Waals surface area (Å²) < 4.78 is 0.888. The third kappa shape index (κ3) is 4.98. The highest BCUT2D eigenvalue weighted by Crippen LogP contribution is 2.21. The molecule has 3 rings (SSSR count). The molecule has 2 amide bonds. The van der Waals surface area contributed by atoms with Crippen molar-refractivity contribution >= 4 is 44.8 Å². The van der Waals surface area contributed by atoms with Crippen LogP contribution in [-0.4, -0.2) is 25.4 Å². The summed E-state index contributed by atoms with van der Waals surface area (Å²) in [5, 5.41) is 5.89. The maximum Gasteiger partial charge on any atom is 0.258 e. The van der Waals surface area contributed by atoms with Gasteiger partial charge in [-0.25, -0.2) is 0 Å². The molecule has 3 aromatic rings. The second-order valence-electron chi connectivity index (χ2n) is 6.16. The second-order valence-corrected chi connectivity index (χ2v) is 7.02. The molecule has 0 heterocycles. The van der Waals surface area contributed by atoms with Crippen LogP contribution in [0.4, 0.5) is 17.1 Å². The van der Waals surface area contributed by atoms with Gasteiger partial charge in [-0.1, -0.05) is 36.4 Å². The molecule has 0 aliphatic rings. The number of nitrogens with zero attached hydrogens (tertiary/aromatic N) is 1. The van der Waals surface area contributed by atoms with Gasteiger partial charge in [0.05, 0.1) is 6.54 Å². The standard InChI is InChI=1S/C22H20BrN3O2/c1-26(18-10-3-2-4-11-18)22(28)16-8-7-9-17(14-16)25-21(27)15-24-20-13-6-5-12-19(20)23/h2-14,24H,15H2,1H3,(H,25,27). The van der Waals surface area contributed by atoms with Crippen molar-refractivity contribution in [3.8, 4) is 0 Å². The summed E-state index contributed by atoms with van der Waals surface area (Å²) in [5.41, 5.74) is 2.72. The van der Waals surface area contributed by atoms with E-state index in [2.05, 4.69) is 26.6 Å². The lowest BCUT2D eigenvalue weighted by Gasteiger charge is -2.18. The Labute approximate surface area is 172 Å². The Kier molecular flexibility index (Phi) is 6.45. The summed E-state index contributed by atoms with van der Waals surface area (Å²) in [4.78, 5) is 26.6. The number of para-hydroxylation sites is 2. The molecule has 0 saturated carbocycles. The summed E-state index contributed by atoms with van der Waals surface area (Å²) in [6, 6.07) is 23.9. The summed E-state index contributed by atoms with van der Waals surface area (Å²) in [6.07, 6.45) is 0. The van der Waals surface area contributed by atoms with Crippen molar-refractivity contribution < 1.29 is 9.59 Å². The van der Waals surface area contributed by atoms with Crippen LogP contribution in [0.15, 0.2) is 83.3 Å². The maximum atomic E-state index is 12.7. The molecule has 0 aliphatic heterocycles. The number of hydrogen-bond acceptors (Lipinski definition) is 3. The Bertz CT molecular complexity index is 976. The highest BCUT2D eigenvalue weighted by molar-refractivity contribution is 9.10. The first kappa shape index (κ1) is 19.6. The van der Waals surface area contributed by atoms with E-state index in [4.69, 9.17) is 0 Å². The monoisotopic (exact) mass is 437 g/mol. The number of carbonyl (C=O) groups is 2. The minimum absolute atomic E-state index is 0.116. The highest BCUT2D eigenvalue weighted by Gasteiger charge is 2.14. The first-order chi connectivity index (χ1) is 13.5. The molecular weight excluding hydrogens is 418 g/mol. The fraction of sp³-hybridized carbons (Fsp3) is 0.0909. The minimum Gasteiger partial charge on any atom is -0.375 e. The van der Waals surface area contributed by atoms with Crippen LogP contribution < -0.4 is 15.5 Å². The molecule has 0 spiro atoms. The van der Waals surface area contributed by atoms with Crippen molar-refractivity contribution in [3.63, 3.8) is 0 Å². The number of hydrogen-bond donors (Lipinski definition) is 2. The fourth-order valence-corrected chi connectivity index (χ4v) is 3.10. The molecule has 3 aromatic carbocycles. The van der Waals surface area contributed by atoms with Gasteiger partial charge in [-0.15, -0.1) is 0 Å². The van der Waals surface area contributed by atoms with Crippen molar-refractivity contribution in [2.75, 3.05) is 29.1 Å².